The molecule has 39 heavy (non-hydrogen) atoms. The van der Waals surface area contributed by atoms with Crippen LogP contribution in [0.25, 0.3) is 0 Å². The molecule has 2 aromatic carbocycles. The van der Waals surface area contributed by atoms with Crippen molar-refractivity contribution >= 4 is 5.91 Å². The lowest BCUT2D eigenvalue weighted by atomic mass is 10.1. The van der Waals surface area contributed by atoms with Crippen molar-refractivity contribution in [2.75, 3.05) is 32.8 Å². The Morgan fingerprint density at radius 3 is 2.46 bits per heavy atom. The van der Waals surface area contributed by atoms with Crippen LogP contribution < -0.4 is 14.8 Å². The van der Waals surface area contributed by atoms with Crippen molar-refractivity contribution in [1.29, 1.82) is 0 Å². The summed E-state index contributed by atoms with van der Waals surface area (Å²) in [5.74, 6) is 1.96. The van der Waals surface area contributed by atoms with E-state index in [4.69, 9.17) is 9.47 Å². The minimum absolute atomic E-state index is 0.0285. The number of para-hydroxylation sites is 2. The van der Waals surface area contributed by atoms with Crippen molar-refractivity contribution in [3.63, 3.8) is 0 Å². The van der Waals surface area contributed by atoms with Crippen molar-refractivity contribution in [1.82, 2.24) is 20.1 Å². The average molecular weight is 529 g/mol. The van der Waals surface area contributed by atoms with Gasteiger partial charge in [-0.15, -0.1) is 0 Å². The summed E-state index contributed by atoms with van der Waals surface area (Å²) in [5.41, 5.74) is 3.41. The number of piperidine rings is 1. The molecule has 0 saturated carbocycles. The molecule has 1 aromatic heterocycles. The molecule has 1 N–H and O–H groups in total. The first-order chi connectivity index (χ1) is 19.2. The van der Waals surface area contributed by atoms with Crippen molar-refractivity contribution in [2.45, 2.75) is 58.2 Å². The Morgan fingerprint density at radius 2 is 1.59 bits per heavy atom. The number of hydrogen-bond acceptors (Lipinski definition) is 6. The van der Waals surface area contributed by atoms with Crippen LogP contribution in [-0.2, 0) is 24.4 Å². The summed E-state index contributed by atoms with van der Waals surface area (Å²) in [6.45, 7) is 6.25. The normalized spacial score (nSPS) is 17.2. The first-order valence-corrected chi connectivity index (χ1v) is 14.4. The van der Waals surface area contributed by atoms with E-state index in [1.54, 1.807) is 6.20 Å². The monoisotopic (exact) mass is 528 g/mol. The zero-order valence-electron chi connectivity index (χ0n) is 22.8. The molecule has 2 aliphatic rings. The highest BCUT2D eigenvalue weighted by Gasteiger charge is 2.17. The van der Waals surface area contributed by atoms with Gasteiger partial charge in [-0.1, -0.05) is 48.9 Å². The van der Waals surface area contributed by atoms with Gasteiger partial charge in [0.1, 0.15) is 0 Å². The lowest BCUT2D eigenvalue weighted by molar-refractivity contribution is -0.122. The van der Waals surface area contributed by atoms with Crippen molar-refractivity contribution < 1.29 is 14.3 Å². The molecule has 0 unspecified atom stereocenters. The van der Waals surface area contributed by atoms with Gasteiger partial charge in [-0.25, -0.2) is 4.98 Å². The minimum atomic E-state index is 0.0285. The van der Waals surface area contributed by atoms with Crippen molar-refractivity contribution in [3.05, 3.63) is 83.6 Å². The van der Waals surface area contributed by atoms with Crippen LogP contribution in [0.2, 0.25) is 0 Å². The Kier molecular flexibility index (Phi) is 9.82. The standard InChI is InChI=1S/C32H40N4O3/c37-31(34-22-26-11-9-12-27(21-26)23-35-17-5-1-6-18-35)25-36-19-7-2-8-20-38-29-14-3-4-15-30(29)39-32-28(24-36)13-10-16-33-32/h3-4,9-16,21H,1-2,5-8,17-20,22-25H2,(H,34,37). The molecule has 5 rings (SSSR count). The lowest BCUT2D eigenvalue weighted by Crippen LogP contribution is -2.37. The molecule has 3 aromatic rings. The number of fused-ring (bicyclic) bond motifs is 2. The van der Waals surface area contributed by atoms with Gasteiger partial charge in [-0.05, 0) is 81.1 Å². The van der Waals surface area contributed by atoms with E-state index in [1.807, 2.05) is 36.4 Å². The second-order valence-electron chi connectivity index (χ2n) is 10.6. The van der Waals surface area contributed by atoms with Gasteiger partial charge in [0.25, 0.3) is 0 Å². The molecule has 206 valence electrons. The highest BCUT2D eigenvalue weighted by atomic mass is 16.5. The molecular formula is C32H40N4O3. The molecule has 1 saturated heterocycles. The van der Waals surface area contributed by atoms with E-state index in [1.165, 1.54) is 37.9 Å². The lowest BCUT2D eigenvalue weighted by Gasteiger charge is -2.26. The van der Waals surface area contributed by atoms with Gasteiger partial charge in [0, 0.05) is 31.4 Å². The number of rotatable bonds is 6. The summed E-state index contributed by atoms with van der Waals surface area (Å²) in [5, 5.41) is 3.15. The minimum Gasteiger partial charge on any atom is -0.490 e. The fraction of sp³-hybridized carbons (Fsp3) is 0.438. The van der Waals surface area contributed by atoms with Gasteiger partial charge in [0.2, 0.25) is 11.8 Å². The summed E-state index contributed by atoms with van der Waals surface area (Å²) in [4.78, 5) is 22.3. The van der Waals surface area contributed by atoms with Crippen LogP contribution in [0.15, 0.2) is 66.9 Å². The number of carbonyl (C=O) groups excluding carboxylic acids is 1. The Morgan fingerprint density at radius 1 is 0.821 bits per heavy atom. The Hall–Kier alpha value is -3.42. The number of benzene rings is 2. The molecule has 1 fully saturated rings. The third-order valence-corrected chi connectivity index (χ3v) is 7.38. The van der Waals surface area contributed by atoms with Crippen LogP contribution in [0, 0.1) is 0 Å². The topological polar surface area (TPSA) is 66.9 Å². The Balaban J connectivity index is 1.21. The number of nitrogens with zero attached hydrogens (tertiary/aromatic N) is 3. The molecule has 0 aliphatic carbocycles. The Bertz CT molecular complexity index is 1210. The fourth-order valence-corrected chi connectivity index (χ4v) is 5.32. The maximum atomic E-state index is 13.1. The van der Waals surface area contributed by atoms with Crippen LogP contribution in [0.1, 0.15) is 55.2 Å². The fourth-order valence-electron chi connectivity index (χ4n) is 5.32. The van der Waals surface area contributed by atoms with Crippen LogP contribution in [0.4, 0.5) is 0 Å². The average Bonchev–Trinajstić information content (AvgIpc) is 2.97. The van der Waals surface area contributed by atoms with Gasteiger partial charge >= 0.3 is 0 Å². The maximum Gasteiger partial charge on any atom is 0.234 e. The number of nitrogens with one attached hydrogen (secondary N) is 1. The van der Waals surface area contributed by atoms with Crippen molar-refractivity contribution in [2.24, 2.45) is 0 Å². The number of likely N-dealkylation sites (tertiary alicyclic amines) is 1. The van der Waals surface area contributed by atoms with Crippen molar-refractivity contribution in [3.8, 4) is 17.4 Å². The molecule has 0 bridgehead atoms. The van der Waals surface area contributed by atoms with Crippen LogP contribution in [0.5, 0.6) is 17.4 Å². The van der Waals surface area contributed by atoms with Gasteiger partial charge in [0.05, 0.1) is 13.2 Å². The Labute approximate surface area is 232 Å². The molecule has 1 amide bonds. The van der Waals surface area contributed by atoms with Crippen LogP contribution >= 0.6 is 0 Å². The molecule has 0 radical (unpaired) electrons. The summed E-state index contributed by atoms with van der Waals surface area (Å²) >= 11 is 0. The molecule has 0 spiro atoms. The molecule has 7 heteroatoms. The largest absolute Gasteiger partial charge is 0.490 e. The van der Waals surface area contributed by atoms with E-state index < -0.39 is 0 Å². The van der Waals surface area contributed by atoms with E-state index in [2.05, 4.69) is 44.4 Å². The first kappa shape index (κ1) is 27.2. The molecular weight excluding hydrogens is 488 g/mol. The molecule has 3 heterocycles. The van der Waals surface area contributed by atoms with E-state index in [0.717, 1.165) is 49.2 Å². The summed E-state index contributed by atoms with van der Waals surface area (Å²) < 4.78 is 12.2. The zero-order chi connectivity index (χ0) is 26.7. The molecule has 0 atom stereocenters. The highest BCUT2D eigenvalue weighted by Crippen LogP contribution is 2.32. The van der Waals surface area contributed by atoms with Gasteiger partial charge in [-0.3, -0.25) is 14.6 Å². The van der Waals surface area contributed by atoms with E-state index >= 15 is 0 Å². The number of hydrogen-bond donors (Lipinski definition) is 1. The van der Waals surface area contributed by atoms with Gasteiger partial charge < -0.3 is 14.8 Å². The second kappa shape index (κ2) is 14.1. The van der Waals surface area contributed by atoms with Gasteiger partial charge in [0.15, 0.2) is 11.5 Å². The quantitative estimate of drug-likeness (QED) is 0.453. The number of ether oxygens (including phenoxy) is 2. The summed E-state index contributed by atoms with van der Waals surface area (Å²) in [6.07, 6.45) is 8.64. The number of pyridine rings is 1. The third kappa shape index (κ3) is 8.28. The molecule has 7 nitrogen and oxygen atoms in total. The molecule has 2 aliphatic heterocycles. The van der Waals surface area contributed by atoms with E-state index in [0.29, 0.717) is 37.9 Å². The number of carbonyl (C=O) groups is 1. The van der Waals surface area contributed by atoms with E-state index in [-0.39, 0.29) is 5.91 Å². The third-order valence-electron chi connectivity index (χ3n) is 7.38. The van der Waals surface area contributed by atoms with Crippen LogP contribution in [0.3, 0.4) is 0 Å². The SMILES string of the molecule is O=C(CN1CCCCCOc2ccccc2Oc2ncccc2C1)NCc1cccc(CN2CCCCC2)c1. The predicted octanol–water partition coefficient (Wildman–Crippen LogP) is 5.54. The summed E-state index contributed by atoms with van der Waals surface area (Å²) in [6, 6.07) is 20.3. The number of amides is 1. The summed E-state index contributed by atoms with van der Waals surface area (Å²) in [7, 11) is 0. The van der Waals surface area contributed by atoms with Gasteiger partial charge in [-0.2, -0.15) is 0 Å². The van der Waals surface area contributed by atoms with E-state index in [9.17, 15) is 4.79 Å². The smallest absolute Gasteiger partial charge is 0.234 e. The zero-order valence-corrected chi connectivity index (χ0v) is 22.8. The highest BCUT2D eigenvalue weighted by molar-refractivity contribution is 5.78. The second-order valence-corrected chi connectivity index (χ2v) is 10.6. The predicted molar refractivity (Wildman–Crippen MR) is 153 cm³/mol. The number of aromatic nitrogens is 1. The first-order valence-electron chi connectivity index (χ1n) is 14.4. The van der Waals surface area contributed by atoms with Crippen LogP contribution in [-0.4, -0.2) is 53.5 Å². The maximum absolute atomic E-state index is 13.1.